The second-order valence-corrected chi connectivity index (χ2v) is 3.82. The molecule has 3 nitrogen and oxygen atoms in total. The maximum absolute atomic E-state index is 5.41. The van der Waals surface area contributed by atoms with Crippen LogP contribution in [0, 0.1) is 0 Å². The molecule has 0 saturated carbocycles. The van der Waals surface area contributed by atoms with Gasteiger partial charge < -0.3 is 10.1 Å². The molecule has 2 rings (SSSR count). The minimum absolute atomic E-state index is 0.300. The van der Waals surface area contributed by atoms with Gasteiger partial charge in [-0.25, -0.2) is 4.98 Å². The second kappa shape index (κ2) is 4.28. The SMILES string of the molecule is C1=COC(CNc2nccs2)CC1. The van der Waals surface area contributed by atoms with Crippen molar-refractivity contribution < 1.29 is 4.74 Å². The van der Waals surface area contributed by atoms with E-state index in [1.54, 1.807) is 23.8 Å². The van der Waals surface area contributed by atoms with Gasteiger partial charge in [0.05, 0.1) is 12.8 Å². The minimum Gasteiger partial charge on any atom is -0.497 e. The number of aromatic nitrogens is 1. The smallest absolute Gasteiger partial charge is 0.182 e. The van der Waals surface area contributed by atoms with Gasteiger partial charge in [-0.3, -0.25) is 0 Å². The number of hydrogen-bond donors (Lipinski definition) is 1. The average molecular weight is 196 g/mol. The summed E-state index contributed by atoms with van der Waals surface area (Å²) in [6.07, 6.45) is 8.15. The van der Waals surface area contributed by atoms with Crippen molar-refractivity contribution >= 4 is 16.5 Å². The molecule has 70 valence electrons. The van der Waals surface area contributed by atoms with Gasteiger partial charge in [0.2, 0.25) is 0 Å². The molecule has 2 heterocycles. The van der Waals surface area contributed by atoms with Crippen LogP contribution < -0.4 is 5.32 Å². The second-order valence-electron chi connectivity index (χ2n) is 2.93. The van der Waals surface area contributed by atoms with E-state index in [-0.39, 0.29) is 0 Å². The molecule has 0 fully saturated rings. The Morgan fingerprint density at radius 1 is 1.69 bits per heavy atom. The van der Waals surface area contributed by atoms with Crippen LogP contribution in [0.5, 0.6) is 0 Å². The van der Waals surface area contributed by atoms with E-state index in [0.717, 1.165) is 24.5 Å². The first-order valence-electron chi connectivity index (χ1n) is 4.39. The van der Waals surface area contributed by atoms with Crippen LogP contribution in [0.2, 0.25) is 0 Å². The average Bonchev–Trinajstić information content (AvgIpc) is 2.69. The van der Waals surface area contributed by atoms with Crippen molar-refractivity contribution in [1.29, 1.82) is 0 Å². The highest BCUT2D eigenvalue weighted by Crippen LogP contribution is 2.14. The number of thiazole rings is 1. The van der Waals surface area contributed by atoms with E-state index < -0.39 is 0 Å². The van der Waals surface area contributed by atoms with Gasteiger partial charge in [-0.15, -0.1) is 11.3 Å². The van der Waals surface area contributed by atoms with E-state index >= 15 is 0 Å². The zero-order valence-electron chi connectivity index (χ0n) is 7.27. The molecule has 0 bridgehead atoms. The molecule has 1 aliphatic rings. The lowest BCUT2D eigenvalue weighted by atomic mass is 10.1. The summed E-state index contributed by atoms with van der Waals surface area (Å²) in [4.78, 5) is 4.13. The Kier molecular flexibility index (Phi) is 2.82. The summed E-state index contributed by atoms with van der Waals surface area (Å²) < 4.78 is 5.41. The normalized spacial score (nSPS) is 21.1. The van der Waals surface area contributed by atoms with E-state index in [0.29, 0.717) is 6.10 Å². The van der Waals surface area contributed by atoms with E-state index in [4.69, 9.17) is 4.74 Å². The van der Waals surface area contributed by atoms with E-state index in [2.05, 4.69) is 16.4 Å². The highest BCUT2D eigenvalue weighted by atomic mass is 32.1. The lowest BCUT2D eigenvalue weighted by Gasteiger charge is -2.19. The molecule has 0 amide bonds. The maximum atomic E-state index is 5.41. The number of nitrogens with zero attached hydrogens (tertiary/aromatic N) is 1. The zero-order valence-corrected chi connectivity index (χ0v) is 8.09. The lowest BCUT2D eigenvalue weighted by molar-refractivity contribution is 0.135. The van der Waals surface area contributed by atoms with Crippen LogP contribution in [0.25, 0.3) is 0 Å². The summed E-state index contributed by atoms with van der Waals surface area (Å²) >= 11 is 1.62. The minimum atomic E-state index is 0.300. The summed E-state index contributed by atoms with van der Waals surface area (Å²) in [5, 5.41) is 6.18. The summed E-state index contributed by atoms with van der Waals surface area (Å²) in [5.74, 6) is 0. The van der Waals surface area contributed by atoms with Gasteiger partial charge in [-0.2, -0.15) is 0 Å². The van der Waals surface area contributed by atoms with Gasteiger partial charge in [0, 0.05) is 11.6 Å². The molecular weight excluding hydrogens is 184 g/mol. The van der Waals surface area contributed by atoms with Crippen molar-refractivity contribution in [3.63, 3.8) is 0 Å². The van der Waals surface area contributed by atoms with Crippen LogP contribution in [0.15, 0.2) is 23.9 Å². The van der Waals surface area contributed by atoms with Crippen LogP contribution >= 0.6 is 11.3 Å². The molecule has 0 saturated heterocycles. The fourth-order valence-corrected chi connectivity index (χ4v) is 1.79. The van der Waals surface area contributed by atoms with Gasteiger partial charge in [-0.1, -0.05) is 0 Å². The van der Waals surface area contributed by atoms with Gasteiger partial charge >= 0.3 is 0 Å². The van der Waals surface area contributed by atoms with Crippen LogP contribution in [-0.2, 0) is 4.74 Å². The quantitative estimate of drug-likeness (QED) is 0.805. The third kappa shape index (κ3) is 2.45. The summed E-state index contributed by atoms with van der Waals surface area (Å²) in [6.45, 7) is 0.845. The molecule has 1 N–H and O–H groups in total. The first kappa shape index (κ1) is 8.56. The van der Waals surface area contributed by atoms with Gasteiger partial charge in [0.15, 0.2) is 5.13 Å². The fourth-order valence-electron chi connectivity index (χ4n) is 1.25. The number of anilines is 1. The Morgan fingerprint density at radius 3 is 3.38 bits per heavy atom. The third-order valence-electron chi connectivity index (χ3n) is 1.94. The van der Waals surface area contributed by atoms with Crippen LogP contribution in [0.4, 0.5) is 5.13 Å². The molecular formula is C9H12N2OS. The molecule has 0 aromatic carbocycles. The molecule has 0 spiro atoms. The Labute approximate surface area is 81.4 Å². The molecule has 4 heteroatoms. The highest BCUT2D eigenvalue weighted by Gasteiger charge is 2.10. The monoisotopic (exact) mass is 196 g/mol. The van der Waals surface area contributed by atoms with E-state index in [1.807, 2.05) is 5.38 Å². The lowest BCUT2D eigenvalue weighted by Crippen LogP contribution is -2.22. The standard InChI is InChI=1S/C9H12N2OS/c1-2-5-12-8(3-1)7-11-9-10-4-6-13-9/h2,4-6,8H,1,3,7H2,(H,10,11). The maximum Gasteiger partial charge on any atom is 0.182 e. The topological polar surface area (TPSA) is 34.1 Å². The van der Waals surface area contributed by atoms with Crippen molar-refractivity contribution in [2.75, 3.05) is 11.9 Å². The first-order chi connectivity index (χ1) is 6.45. The van der Waals surface area contributed by atoms with Crippen LogP contribution in [0.1, 0.15) is 12.8 Å². The summed E-state index contributed by atoms with van der Waals surface area (Å²) in [7, 11) is 0. The first-order valence-corrected chi connectivity index (χ1v) is 5.27. The van der Waals surface area contributed by atoms with Crippen molar-refractivity contribution in [3.8, 4) is 0 Å². The predicted molar refractivity (Wildman–Crippen MR) is 53.9 cm³/mol. The van der Waals surface area contributed by atoms with Crippen molar-refractivity contribution in [2.45, 2.75) is 18.9 Å². The van der Waals surface area contributed by atoms with Crippen molar-refractivity contribution in [3.05, 3.63) is 23.9 Å². The zero-order chi connectivity index (χ0) is 8.93. The van der Waals surface area contributed by atoms with E-state index in [1.165, 1.54) is 0 Å². The Hall–Kier alpha value is -1.03. The van der Waals surface area contributed by atoms with E-state index in [9.17, 15) is 0 Å². The van der Waals surface area contributed by atoms with Crippen molar-refractivity contribution in [1.82, 2.24) is 4.98 Å². The van der Waals surface area contributed by atoms with Gasteiger partial charge in [0.1, 0.15) is 6.10 Å². The molecule has 1 unspecified atom stereocenters. The molecule has 0 aliphatic carbocycles. The molecule has 1 atom stereocenters. The molecule has 1 aromatic rings. The molecule has 13 heavy (non-hydrogen) atoms. The van der Waals surface area contributed by atoms with Crippen LogP contribution in [-0.4, -0.2) is 17.6 Å². The fraction of sp³-hybridized carbons (Fsp3) is 0.444. The van der Waals surface area contributed by atoms with Gasteiger partial charge in [0.25, 0.3) is 0 Å². The number of ether oxygens (including phenoxy) is 1. The third-order valence-corrected chi connectivity index (χ3v) is 2.67. The number of rotatable bonds is 3. The number of nitrogens with one attached hydrogen (secondary N) is 1. The molecule has 1 aromatic heterocycles. The number of hydrogen-bond acceptors (Lipinski definition) is 4. The Balaban J connectivity index is 1.76. The highest BCUT2D eigenvalue weighted by molar-refractivity contribution is 7.13. The molecule has 1 aliphatic heterocycles. The van der Waals surface area contributed by atoms with Crippen molar-refractivity contribution in [2.24, 2.45) is 0 Å². The van der Waals surface area contributed by atoms with Gasteiger partial charge in [-0.05, 0) is 18.9 Å². The number of allylic oxidation sites excluding steroid dienone is 1. The molecule has 0 radical (unpaired) electrons. The summed E-state index contributed by atoms with van der Waals surface area (Å²) in [5.41, 5.74) is 0. The van der Waals surface area contributed by atoms with Crippen LogP contribution in [0.3, 0.4) is 0 Å². The predicted octanol–water partition coefficient (Wildman–Crippen LogP) is 2.25. The Bertz CT molecular complexity index is 271. The summed E-state index contributed by atoms with van der Waals surface area (Å²) in [6, 6.07) is 0. The largest absolute Gasteiger partial charge is 0.497 e. The Morgan fingerprint density at radius 2 is 2.69 bits per heavy atom.